The normalized spacial score (nSPS) is 24.5. The Morgan fingerprint density at radius 1 is 0.476 bits per heavy atom. The molecule has 4 saturated heterocycles. The summed E-state index contributed by atoms with van der Waals surface area (Å²) >= 11 is 0. The van der Waals surface area contributed by atoms with Gasteiger partial charge in [0.1, 0.15) is 82.8 Å². The molecule has 8 heterocycles. The molecule has 47 heteroatoms. The van der Waals surface area contributed by atoms with Crippen molar-refractivity contribution in [2.75, 3.05) is 174 Å². The average Bonchev–Trinajstić information content (AvgIpc) is 1.64. The van der Waals surface area contributed by atoms with Gasteiger partial charge in [-0.3, -0.25) is 61.9 Å². The number of nitrogens with zero attached hydrogens (tertiary/aromatic N) is 6. The molecule has 0 bridgehead atoms. The fourth-order valence-corrected chi connectivity index (χ4v) is 20.5. The summed E-state index contributed by atoms with van der Waals surface area (Å²) in [7, 11) is -5.66. The lowest BCUT2D eigenvalue weighted by Crippen LogP contribution is -2.42. The maximum Gasteiger partial charge on any atom is 0.337 e. The van der Waals surface area contributed by atoms with Gasteiger partial charge in [0.2, 0.25) is 6.54 Å². The van der Waals surface area contributed by atoms with Gasteiger partial charge in [-0.2, -0.15) is 0 Å². The van der Waals surface area contributed by atoms with Crippen LogP contribution in [0.25, 0.3) is 4.85 Å². The van der Waals surface area contributed by atoms with Crippen molar-refractivity contribution in [1.82, 2.24) is 42.9 Å². The van der Waals surface area contributed by atoms with Crippen LogP contribution in [-0.2, 0) is 97.8 Å². The van der Waals surface area contributed by atoms with E-state index in [4.69, 9.17) is 72.5 Å². The van der Waals surface area contributed by atoms with E-state index in [1.54, 1.807) is 126 Å². The largest absolute Gasteiger partial charge is 0.394 e. The van der Waals surface area contributed by atoms with E-state index in [0.717, 1.165) is 0 Å². The summed E-state index contributed by atoms with van der Waals surface area (Å²) in [5, 5.41) is 20.0. The molecule has 0 radical (unpaired) electrons. The lowest BCUT2D eigenvalue weighted by molar-refractivity contribution is -0.0794. The molecule has 0 aliphatic carbocycles. The van der Waals surface area contributed by atoms with Crippen LogP contribution >= 0.6 is 44.7 Å². The standard InChI is InChI=1S/C25H42N4O8P2.C17H27N2O6P.C16H25N2O7P.C14H22N2O6.C5H14O4P2/c1-17(2)29(18(3)4)38(35-12-11-26-6)37-21-20(10-15-39(8,9)32)36-24(22(21)34-14-13-33-7)28-16-19(5)23(30)27-25(28)31;1-11-10-19(17(21)18-15(11)20)16-14(24-8-7-23-3)12(2)13(25-16)6-9-26(4,5)22;1-10-9-18(16(21)17-14(10)20)15-13(24-7-6-23-2)12(19)11(25-15)5-8-26(3,4)22;1-8-6-16(14(19)15-12(8)18)13-11(21-5-4-20-3)9(2)10(7-17)22-13;1-8-11(7,9-2)5-10(3,4)6/h10,15-18,20-22,24H,11-14H2,1-5,7-9H3,(H,27,30,31);6,9-10,12-14,16H,7-8H2,1-5H3,(H,18,20,21);5,8-9,11-13,15,19H,6-7H2,1-4H3,(H,17,20,21);6,9-11,13,17H,4-5,7H2,1-3H3,(H,15,18,19);5H2,1-4H3/b15-10+;9-6+;8-5+;;/t20-,21-,22-,24-,38?;12-,13-,14-,16-;11-,12-,13-,15-;9-,10-,11-,13-;/m1111./s1. The number of hydrogen-bond acceptors (Lipinski definition) is 32. The van der Waals surface area contributed by atoms with Gasteiger partial charge >= 0.3 is 30.4 Å². The maximum absolute atomic E-state index is 12.9. The summed E-state index contributed by atoms with van der Waals surface area (Å²) in [6, 6.07) is 0.111. The first-order valence-corrected chi connectivity index (χ1v) is 53.3. The highest BCUT2D eigenvalue weighted by molar-refractivity contribution is 7.75. The van der Waals surface area contributed by atoms with Crippen LogP contribution in [0.2, 0.25) is 0 Å². The Labute approximate surface area is 723 Å². The van der Waals surface area contributed by atoms with Gasteiger partial charge in [-0.05, 0) is 138 Å². The molecular formula is C77H130N10O31P6. The highest BCUT2D eigenvalue weighted by Gasteiger charge is 2.51. The summed E-state index contributed by atoms with van der Waals surface area (Å²) in [5.41, 5.74) is -2.82. The third-order valence-corrected chi connectivity index (χ3v) is 28.9. The number of aromatic amines is 4. The molecule has 4 fully saturated rings. The third kappa shape index (κ3) is 34.6. The number of aliphatic hydroxyl groups is 2. The molecule has 1 unspecified atom stereocenters. The van der Waals surface area contributed by atoms with Crippen LogP contribution in [0, 0.1) is 46.1 Å². The summed E-state index contributed by atoms with van der Waals surface area (Å²) in [4.78, 5) is 109. The zero-order chi connectivity index (χ0) is 93.7. The third-order valence-electron chi connectivity index (χ3n) is 18.9. The van der Waals surface area contributed by atoms with Gasteiger partial charge in [0.25, 0.3) is 30.8 Å². The van der Waals surface area contributed by atoms with Crippen LogP contribution in [0.1, 0.15) is 88.7 Å². The molecule has 4 aromatic heterocycles. The van der Waals surface area contributed by atoms with Crippen molar-refractivity contribution in [2.45, 2.75) is 167 Å². The van der Waals surface area contributed by atoms with Gasteiger partial charge in [0.05, 0.1) is 78.8 Å². The Kier molecular flexibility index (Phi) is 46.0. The van der Waals surface area contributed by atoms with Crippen LogP contribution in [0.3, 0.4) is 0 Å². The van der Waals surface area contributed by atoms with Crippen LogP contribution in [0.5, 0.6) is 0 Å². The van der Waals surface area contributed by atoms with Crippen LogP contribution in [-0.4, -0.2) is 301 Å². The molecular weight excluding hydrogens is 1750 g/mol. The molecule has 17 atom stereocenters. The number of rotatable bonds is 39. The van der Waals surface area contributed by atoms with Crippen molar-refractivity contribution in [3.8, 4) is 0 Å². The second kappa shape index (κ2) is 51.6. The monoisotopic (exact) mass is 1880 g/mol. The topological polar surface area (TPSA) is 501 Å². The smallest absolute Gasteiger partial charge is 0.337 e. The quantitative estimate of drug-likeness (QED) is 0.0151. The first-order chi connectivity index (χ1) is 57.9. The molecule has 704 valence electrons. The Balaban J connectivity index is 0.000000339. The van der Waals surface area contributed by atoms with Crippen molar-refractivity contribution >= 4 is 44.7 Å². The predicted octanol–water partition coefficient (Wildman–Crippen LogP) is 6.85. The zero-order valence-corrected chi connectivity index (χ0v) is 80.6. The Bertz CT molecular complexity index is 4780. The minimum Gasteiger partial charge on any atom is -0.394 e. The van der Waals surface area contributed by atoms with Gasteiger partial charge in [-0.1, -0.05) is 19.9 Å². The molecule has 124 heavy (non-hydrogen) atoms. The number of methoxy groups -OCH3 is 4. The van der Waals surface area contributed by atoms with E-state index < -0.39 is 170 Å². The van der Waals surface area contributed by atoms with Gasteiger partial charge < -0.3 is 108 Å². The van der Waals surface area contributed by atoms with Crippen LogP contribution < -0.4 is 45.0 Å². The van der Waals surface area contributed by atoms with Crippen molar-refractivity contribution in [3.05, 3.63) is 177 Å². The molecule has 0 amide bonds. The Morgan fingerprint density at radius 2 is 0.798 bits per heavy atom. The van der Waals surface area contributed by atoms with Crippen LogP contribution in [0.15, 0.2) is 98.8 Å². The van der Waals surface area contributed by atoms with E-state index >= 15 is 0 Å². The average molecular weight is 1880 g/mol. The molecule has 4 aromatic rings. The molecule has 0 aromatic carbocycles. The molecule has 0 spiro atoms. The van der Waals surface area contributed by atoms with Crippen molar-refractivity contribution < 1.29 is 108 Å². The van der Waals surface area contributed by atoms with Crippen molar-refractivity contribution in [3.63, 3.8) is 0 Å². The van der Waals surface area contributed by atoms with Crippen LogP contribution in [0.4, 0.5) is 0 Å². The lowest BCUT2D eigenvalue weighted by Gasteiger charge is -2.38. The van der Waals surface area contributed by atoms with E-state index in [0.29, 0.717) is 55.3 Å². The minimum atomic E-state index is -3.07. The SMILES string of the molecule is COCCO[C@@H]1[C@H](C)[C@@H](/C=C/P(C)(C)=O)O[C@H]1n1cc(C)c(=O)[nH]c1=O.COCCO[C@@H]1[C@H](C)[C@@H](CO)O[C@H]1n1cc(C)c(=O)[nH]c1=O.COCCO[C@@H]1[C@H](O)[C@@H](/C=C/P(C)(C)=O)O[C@H]1n1cc(C)c(=O)[nH]c1=O.COP(=O)(CP(C)(C)=O)OC.[C-]#[N+]CCOP(O[C@H]1[C@@H](OCCOC)[C@H](n2cc(C)c(=O)[nH]c2=O)O[C@@H]1/C=C/P(C)(C)=O)N(C(C)C)C(C)C. The van der Waals surface area contributed by atoms with E-state index in [2.05, 4.69) is 38.5 Å². The highest BCUT2D eigenvalue weighted by atomic mass is 31.2. The fraction of sp³-hybridized carbons (Fsp3) is 0.701. The van der Waals surface area contributed by atoms with E-state index in [-0.39, 0.29) is 75.5 Å². The number of H-pyrrole nitrogens is 4. The summed E-state index contributed by atoms with van der Waals surface area (Å²) in [6.07, 6.45) is 0.589. The van der Waals surface area contributed by atoms with Crippen molar-refractivity contribution in [1.29, 1.82) is 0 Å². The second-order valence-corrected chi connectivity index (χ2v) is 48.9. The number of aromatic nitrogens is 8. The lowest BCUT2D eigenvalue weighted by atomic mass is 10.0. The Hall–Kier alpha value is -5.75. The summed E-state index contributed by atoms with van der Waals surface area (Å²) < 4.78 is 156. The number of aliphatic hydroxyl groups excluding tert-OH is 2. The molecule has 4 aliphatic rings. The van der Waals surface area contributed by atoms with E-state index in [1.807, 2.05) is 41.5 Å². The zero-order valence-electron chi connectivity index (χ0n) is 75.3. The Morgan fingerprint density at radius 3 is 1.14 bits per heavy atom. The highest BCUT2D eigenvalue weighted by Crippen LogP contribution is 2.58. The molecule has 8 rings (SSSR count). The van der Waals surface area contributed by atoms with Gasteiger partial charge in [0, 0.05) is 114 Å². The second-order valence-electron chi connectivity index (χ2n) is 31.8. The number of nitrogens with one attached hydrogen (secondary N) is 4. The first-order valence-electron chi connectivity index (χ1n) is 39.7. The number of hydrogen-bond donors (Lipinski definition) is 6. The van der Waals surface area contributed by atoms with Crippen molar-refractivity contribution in [2.24, 2.45) is 11.8 Å². The summed E-state index contributed by atoms with van der Waals surface area (Å²) in [5.74, 6) is 4.56. The van der Waals surface area contributed by atoms with Gasteiger partial charge in [-0.15, -0.1) is 0 Å². The molecule has 41 nitrogen and oxygen atoms in total. The fourth-order valence-electron chi connectivity index (χ4n) is 12.6. The molecule has 6 N–H and O–H groups in total. The minimum absolute atomic E-state index is 0.00694. The van der Waals surface area contributed by atoms with E-state index in [1.165, 1.54) is 76.3 Å². The predicted molar refractivity (Wildman–Crippen MR) is 471 cm³/mol. The maximum atomic E-state index is 12.9. The number of ether oxygens (including phenoxy) is 12. The molecule has 4 aliphatic heterocycles. The van der Waals surface area contributed by atoms with Gasteiger partial charge in [-0.25, -0.2) is 30.4 Å². The van der Waals surface area contributed by atoms with E-state index in [9.17, 15) is 71.4 Å². The first kappa shape index (κ1) is 111. The van der Waals surface area contributed by atoms with Gasteiger partial charge in [0.15, 0.2) is 24.9 Å². The summed E-state index contributed by atoms with van der Waals surface area (Å²) in [6.45, 7) is 41.0. The molecule has 0 saturated carbocycles. The number of aryl methyl sites for hydroxylation is 4.